The van der Waals surface area contributed by atoms with Crippen molar-refractivity contribution in [1.29, 1.82) is 0 Å². The molecule has 1 saturated heterocycles. The van der Waals surface area contributed by atoms with Crippen molar-refractivity contribution >= 4 is 12.0 Å². The normalized spacial score (nSPS) is 15.0. The summed E-state index contributed by atoms with van der Waals surface area (Å²) in [6.45, 7) is 5.97. The standard InChI is InChI=1S/C25H27FN4O/c1-2-24-23(19-27-30(24)22-12-10-21(26)11-13-22)25(31)29-17-15-28(16-18-29)14-6-9-20-7-4-3-5-8-20/h3-13,19H,2,14-18H2,1H3/b9-6+. The number of carbonyl (C=O) groups is 1. The highest BCUT2D eigenvalue weighted by Crippen LogP contribution is 2.19. The summed E-state index contributed by atoms with van der Waals surface area (Å²) in [6, 6.07) is 16.4. The van der Waals surface area contributed by atoms with Crippen LogP contribution in [0.5, 0.6) is 0 Å². The van der Waals surface area contributed by atoms with Crippen LogP contribution in [0.3, 0.4) is 0 Å². The van der Waals surface area contributed by atoms with Gasteiger partial charge < -0.3 is 4.90 Å². The second-order valence-corrected chi connectivity index (χ2v) is 7.65. The fourth-order valence-corrected chi connectivity index (χ4v) is 3.90. The molecule has 4 rings (SSSR count). The van der Waals surface area contributed by atoms with Gasteiger partial charge in [-0.1, -0.05) is 49.4 Å². The zero-order valence-electron chi connectivity index (χ0n) is 17.7. The Morgan fingerprint density at radius 2 is 1.74 bits per heavy atom. The van der Waals surface area contributed by atoms with E-state index in [4.69, 9.17) is 0 Å². The van der Waals surface area contributed by atoms with Crippen molar-refractivity contribution in [3.63, 3.8) is 0 Å². The number of aromatic nitrogens is 2. The van der Waals surface area contributed by atoms with Crippen molar-refractivity contribution in [2.75, 3.05) is 32.7 Å². The lowest BCUT2D eigenvalue weighted by Crippen LogP contribution is -2.48. The highest BCUT2D eigenvalue weighted by atomic mass is 19.1. The summed E-state index contributed by atoms with van der Waals surface area (Å²) in [6.07, 6.45) is 6.62. The highest BCUT2D eigenvalue weighted by molar-refractivity contribution is 5.95. The summed E-state index contributed by atoms with van der Waals surface area (Å²) in [5, 5.41) is 4.41. The molecule has 0 atom stereocenters. The molecular formula is C25H27FN4O. The third-order valence-corrected chi connectivity index (χ3v) is 5.64. The first-order chi connectivity index (χ1) is 15.2. The van der Waals surface area contributed by atoms with Gasteiger partial charge in [-0.3, -0.25) is 9.69 Å². The molecule has 1 aliphatic heterocycles. The number of rotatable bonds is 6. The van der Waals surface area contributed by atoms with E-state index in [0.717, 1.165) is 31.0 Å². The monoisotopic (exact) mass is 418 g/mol. The Bertz CT molecular complexity index is 1040. The maximum atomic E-state index is 13.3. The molecule has 0 radical (unpaired) electrons. The number of halogens is 1. The van der Waals surface area contributed by atoms with Crippen LogP contribution in [-0.2, 0) is 6.42 Å². The van der Waals surface area contributed by atoms with Gasteiger partial charge in [0.25, 0.3) is 5.91 Å². The molecule has 0 spiro atoms. The Morgan fingerprint density at radius 1 is 1.03 bits per heavy atom. The molecule has 3 aromatic rings. The van der Waals surface area contributed by atoms with Gasteiger partial charge in [0.1, 0.15) is 5.82 Å². The van der Waals surface area contributed by atoms with Gasteiger partial charge in [-0.05, 0) is 36.2 Å². The van der Waals surface area contributed by atoms with Crippen LogP contribution in [0, 0.1) is 5.82 Å². The van der Waals surface area contributed by atoms with E-state index in [0.29, 0.717) is 25.1 Å². The molecule has 0 unspecified atom stereocenters. The second kappa shape index (κ2) is 9.71. The molecule has 160 valence electrons. The lowest BCUT2D eigenvalue weighted by Gasteiger charge is -2.34. The van der Waals surface area contributed by atoms with Crippen LogP contribution in [0.1, 0.15) is 28.5 Å². The van der Waals surface area contributed by atoms with Gasteiger partial charge in [0.15, 0.2) is 0 Å². The quantitative estimate of drug-likeness (QED) is 0.607. The number of amides is 1. The van der Waals surface area contributed by atoms with Crippen LogP contribution < -0.4 is 0 Å². The van der Waals surface area contributed by atoms with E-state index in [-0.39, 0.29) is 11.7 Å². The molecule has 1 amide bonds. The zero-order chi connectivity index (χ0) is 21.6. The van der Waals surface area contributed by atoms with Gasteiger partial charge in [0, 0.05) is 32.7 Å². The van der Waals surface area contributed by atoms with E-state index in [9.17, 15) is 9.18 Å². The molecule has 1 aliphatic rings. The van der Waals surface area contributed by atoms with Crippen LogP contribution in [-0.4, -0.2) is 58.2 Å². The second-order valence-electron chi connectivity index (χ2n) is 7.65. The Kier molecular flexibility index (Phi) is 6.57. The van der Waals surface area contributed by atoms with Crippen molar-refractivity contribution in [3.8, 4) is 5.69 Å². The number of piperazine rings is 1. The minimum atomic E-state index is -0.290. The molecule has 31 heavy (non-hydrogen) atoms. The third-order valence-electron chi connectivity index (χ3n) is 5.64. The zero-order valence-corrected chi connectivity index (χ0v) is 17.7. The van der Waals surface area contributed by atoms with E-state index in [1.54, 1.807) is 23.0 Å². The van der Waals surface area contributed by atoms with Crippen LogP contribution in [0.4, 0.5) is 4.39 Å². The predicted octanol–water partition coefficient (Wildman–Crippen LogP) is 4.05. The number of hydrogen-bond donors (Lipinski definition) is 0. The fourth-order valence-electron chi connectivity index (χ4n) is 3.90. The van der Waals surface area contributed by atoms with Gasteiger partial charge in [-0.25, -0.2) is 9.07 Å². The third kappa shape index (κ3) is 4.91. The summed E-state index contributed by atoms with van der Waals surface area (Å²) >= 11 is 0. The number of benzene rings is 2. The molecule has 0 N–H and O–H groups in total. The lowest BCUT2D eigenvalue weighted by molar-refractivity contribution is 0.0649. The first-order valence-corrected chi connectivity index (χ1v) is 10.7. The maximum absolute atomic E-state index is 13.3. The average Bonchev–Trinajstić information content (AvgIpc) is 3.24. The fraction of sp³-hybridized carbons (Fsp3) is 0.280. The maximum Gasteiger partial charge on any atom is 0.257 e. The Balaban J connectivity index is 1.37. The lowest BCUT2D eigenvalue weighted by atomic mass is 10.1. The summed E-state index contributed by atoms with van der Waals surface area (Å²) < 4.78 is 15.0. The van der Waals surface area contributed by atoms with Crippen LogP contribution >= 0.6 is 0 Å². The molecule has 0 saturated carbocycles. The minimum Gasteiger partial charge on any atom is -0.336 e. The molecule has 2 aromatic carbocycles. The topological polar surface area (TPSA) is 41.4 Å². The Morgan fingerprint density at radius 3 is 2.42 bits per heavy atom. The van der Waals surface area contributed by atoms with E-state index in [1.165, 1.54) is 17.7 Å². The van der Waals surface area contributed by atoms with Crippen molar-refractivity contribution in [2.45, 2.75) is 13.3 Å². The molecule has 0 aliphatic carbocycles. The molecule has 0 bridgehead atoms. The van der Waals surface area contributed by atoms with Gasteiger partial charge in [0.05, 0.1) is 23.1 Å². The van der Waals surface area contributed by atoms with Crippen molar-refractivity contribution in [1.82, 2.24) is 19.6 Å². The molecule has 1 fully saturated rings. The van der Waals surface area contributed by atoms with E-state index in [1.807, 2.05) is 30.0 Å². The van der Waals surface area contributed by atoms with Crippen LogP contribution in [0.15, 0.2) is 66.9 Å². The molecule has 5 nitrogen and oxygen atoms in total. The van der Waals surface area contributed by atoms with Crippen molar-refractivity contribution < 1.29 is 9.18 Å². The molecule has 1 aromatic heterocycles. The van der Waals surface area contributed by atoms with Gasteiger partial charge in [0.2, 0.25) is 0 Å². The summed E-state index contributed by atoms with van der Waals surface area (Å²) in [7, 11) is 0. The SMILES string of the molecule is CCc1c(C(=O)N2CCN(C/C=C/c3ccccc3)CC2)cnn1-c1ccc(F)cc1. The van der Waals surface area contributed by atoms with E-state index < -0.39 is 0 Å². The highest BCUT2D eigenvalue weighted by Gasteiger charge is 2.25. The summed E-state index contributed by atoms with van der Waals surface area (Å²) in [5.74, 6) is -0.272. The average molecular weight is 419 g/mol. The predicted molar refractivity (Wildman–Crippen MR) is 121 cm³/mol. The smallest absolute Gasteiger partial charge is 0.257 e. The number of nitrogens with zero attached hydrogens (tertiary/aromatic N) is 4. The number of carbonyl (C=O) groups excluding carboxylic acids is 1. The van der Waals surface area contributed by atoms with E-state index in [2.05, 4.69) is 34.3 Å². The minimum absolute atomic E-state index is 0.0182. The Hall–Kier alpha value is -3.25. The van der Waals surface area contributed by atoms with Crippen LogP contribution in [0.25, 0.3) is 11.8 Å². The summed E-state index contributed by atoms with van der Waals surface area (Å²) in [4.78, 5) is 17.4. The van der Waals surface area contributed by atoms with Gasteiger partial charge in [-0.2, -0.15) is 5.10 Å². The summed E-state index contributed by atoms with van der Waals surface area (Å²) in [5.41, 5.74) is 3.43. The van der Waals surface area contributed by atoms with Crippen molar-refractivity contribution in [2.24, 2.45) is 0 Å². The number of hydrogen-bond acceptors (Lipinski definition) is 3. The van der Waals surface area contributed by atoms with Crippen molar-refractivity contribution in [3.05, 3.63) is 89.5 Å². The van der Waals surface area contributed by atoms with E-state index >= 15 is 0 Å². The Labute approximate surface area is 182 Å². The molecule has 6 heteroatoms. The molecule has 2 heterocycles. The van der Waals surface area contributed by atoms with Crippen LogP contribution in [0.2, 0.25) is 0 Å². The largest absolute Gasteiger partial charge is 0.336 e. The first-order valence-electron chi connectivity index (χ1n) is 10.7. The molecular weight excluding hydrogens is 391 g/mol. The van der Waals surface area contributed by atoms with Gasteiger partial charge >= 0.3 is 0 Å². The first kappa shape index (κ1) is 21.0. The van der Waals surface area contributed by atoms with Gasteiger partial charge in [-0.15, -0.1) is 0 Å².